The van der Waals surface area contributed by atoms with Crippen molar-refractivity contribution in [1.29, 1.82) is 0 Å². The van der Waals surface area contributed by atoms with E-state index in [0.29, 0.717) is 40.0 Å². The number of hydrogen-bond acceptors (Lipinski definition) is 6. The number of anilines is 1. The normalized spacial score (nSPS) is 13.7. The van der Waals surface area contributed by atoms with E-state index in [0.717, 1.165) is 40.7 Å². The highest BCUT2D eigenvalue weighted by Crippen LogP contribution is 2.48. The van der Waals surface area contributed by atoms with E-state index in [-0.39, 0.29) is 17.2 Å². The fraction of sp³-hybridized carbons (Fsp3) is 0.275. The van der Waals surface area contributed by atoms with Crippen molar-refractivity contribution in [2.75, 3.05) is 11.3 Å². The van der Waals surface area contributed by atoms with Crippen LogP contribution in [0.4, 0.5) is 5.69 Å². The minimum absolute atomic E-state index is 0.0951. The zero-order chi connectivity index (χ0) is 34.9. The van der Waals surface area contributed by atoms with Gasteiger partial charge >= 0.3 is 5.97 Å². The number of aliphatic carboxylic acids is 1. The Balaban J connectivity index is 1.62. The number of carbonyl (C=O) groups is 1. The van der Waals surface area contributed by atoms with Crippen molar-refractivity contribution in [2.24, 2.45) is 0 Å². The van der Waals surface area contributed by atoms with E-state index >= 15 is 0 Å². The summed E-state index contributed by atoms with van der Waals surface area (Å²) in [7, 11) is -4.21. The molecule has 1 aliphatic heterocycles. The Labute approximate surface area is 287 Å². The summed E-state index contributed by atoms with van der Waals surface area (Å²) in [5.41, 5.74) is 3.90. The SMILES string of the molecule is Cc1c(OCc2ccccc2)c(NS(=O)(=O)c2cccc3ccccc23)c(C)c(C(OC(C)(C)C)C(=O)O)c1-c1ccc2c(c1)CCCO2. The van der Waals surface area contributed by atoms with Crippen molar-refractivity contribution in [3.63, 3.8) is 0 Å². The average Bonchev–Trinajstić information content (AvgIpc) is 3.08. The minimum atomic E-state index is -4.21. The fourth-order valence-corrected chi connectivity index (χ4v) is 7.81. The number of carboxylic acids is 1. The van der Waals surface area contributed by atoms with Crippen molar-refractivity contribution < 1.29 is 32.5 Å². The van der Waals surface area contributed by atoms with Crippen LogP contribution in [0.15, 0.2) is 95.9 Å². The summed E-state index contributed by atoms with van der Waals surface area (Å²) in [6.45, 7) is 9.73. The molecule has 1 unspecified atom stereocenters. The number of ether oxygens (including phenoxy) is 3. The van der Waals surface area contributed by atoms with E-state index in [4.69, 9.17) is 14.2 Å². The van der Waals surface area contributed by atoms with E-state index in [1.165, 1.54) is 0 Å². The van der Waals surface area contributed by atoms with Crippen molar-refractivity contribution in [1.82, 2.24) is 0 Å². The molecule has 0 amide bonds. The molecule has 1 atom stereocenters. The van der Waals surface area contributed by atoms with E-state index in [1.54, 1.807) is 52.0 Å². The molecule has 49 heavy (non-hydrogen) atoms. The summed E-state index contributed by atoms with van der Waals surface area (Å²) in [6, 6.07) is 27.8. The van der Waals surface area contributed by atoms with Crippen LogP contribution in [-0.4, -0.2) is 31.7 Å². The van der Waals surface area contributed by atoms with Gasteiger partial charge in [0, 0.05) is 16.5 Å². The lowest BCUT2D eigenvalue weighted by Crippen LogP contribution is -2.29. The highest BCUT2D eigenvalue weighted by Gasteiger charge is 2.35. The molecule has 0 fully saturated rings. The van der Waals surface area contributed by atoms with Gasteiger partial charge in [-0.05, 0) is 98.9 Å². The molecule has 5 aromatic carbocycles. The third-order valence-electron chi connectivity index (χ3n) is 8.65. The number of hydrogen-bond donors (Lipinski definition) is 2. The van der Waals surface area contributed by atoms with E-state index < -0.39 is 27.7 Å². The second kappa shape index (κ2) is 13.6. The smallest absolute Gasteiger partial charge is 0.337 e. The molecule has 5 aromatic rings. The zero-order valence-electron chi connectivity index (χ0n) is 28.4. The lowest BCUT2D eigenvalue weighted by Gasteiger charge is -2.31. The molecule has 6 rings (SSSR count). The van der Waals surface area contributed by atoms with Crippen LogP contribution in [-0.2, 0) is 32.6 Å². The van der Waals surface area contributed by atoms with Crippen LogP contribution in [0.5, 0.6) is 11.5 Å². The maximum atomic E-state index is 14.3. The molecule has 0 saturated heterocycles. The molecule has 0 radical (unpaired) electrons. The molecular weight excluding hydrogens is 639 g/mol. The molecule has 0 bridgehead atoms. The van der Waals surface area contributed by atoms with Gasteiger partial charge in [0.2, 0.25) is 0 Å². The number of rotatable bonds is 10. The van der Waals surface area contributed by atoms with Crippen LogP contribution in [0.2, 0.25) is 0 Å². The summed E-state index contributed by atoms with van der Waals surface area (Å²) < 4.78 is 50.2. The largest absolute Gasteiger partial charge is 0.493 e. The van der Waals surface area contributed by atoms with Gasteiger partial charge in [0.25, 0.3) is 10.0 Å². The topological polar surface area (TPSA) is 111 Å². The first-order chi connectivity index (χ1) is 23.3. The maximum absolute atomic E-state index is 14.3. The second-order valence-corrected chi connectivity index (χ2v) is 15.0. The van der Waals surface area contributed by atoms with Crippen molar-refractivity contribution in [3.05, 3.63) is 119 Å². The first-order valence-corrected chi connectivity index (χ1v) is 17.8. The molecule has 2 N–H and O–H groups in total. The van der Waals surface area contributed by atoms with Gasteiger partial charge in [0.15, 0.2) is 6.10 Å². The fourth-order valence-electron chi connectivity index (χ4n) is 6.45. The van der Waals surface area contributed by atoms with Gasteiger partial charge in [0.1, 0.15) is 18.1 Å². The molecule has 9 heteroatoms. The van der Waals surface area contributed by atoms with Gasteiger partial charge in [-0.3, -0.25) is 4.72 Å². The molecule has 1 heterocycles. The molecule has 254 valence electrons. The van der Waals surface area contributed by atoms with Crippen LogP contribution < -0.4 is 14.2 Å². The lowest BCUT2D eigenvalue weighted by molar-refractivity contribution is -0.160. The molecule has 1 aliphatic rings. The maximum Gasteiger partial charge on any atom is 0.337 e. The Morgan fingerprint density at radius 2 is 1.65 bits per heavy atom. The number of carboxylic acid groups (broad SMARTS) is 1. The zero-order valence-corrected chi connectivity index (χ0v) is 29.2. The highest BCUT2D eigenvalue weighted by atomic mass is 32.2. The number of sulfonamides is 1. The summed E-state index contributed by atoms with van der Waals surface area (Å²) in [6.07, 6.45) is 0.259. The summed E-state index contributed by atoms with van der Waals surface area (Å²) >= 11 is 0. The van der Waals surface area contributed by atoms with Crippen LogP contribution in [0.3, 0.4) is 0 Å². The molecular formula is C40H41NO7S. The van der Waals surface area contributed by atoms with Gasteiger partial charge in [-0.2, -0.15) is 0 Å². The standard InChI is InChI=1S/C40H41NO7S/c1-25-35(38(39(42)43)48-40(3,4)5)34(30-20-21-32-29(23-30)17-12-22-46-32)26(2)37(47-24-27-13-7-6-8-14-27)36(25)41-49(44,45)33-19-11-16-28-15-9-10-18-31(28)33/h6-11,13-16,18-21,23,38,41H,12,17,22,24H2,1-5H3,(H,42,43). The van der Waals surface area contributed by atoms with Gasteiger partial charge in [-0.15, -0.1) is 0 Å². The third kappa shape index (κ3) is 7.14. The van der Waals surface area contributed by atoms with Crippen LogP contribution in [0.25, 0.3) is 21.9 Å². The lowest BCUT2D eigenvalue weighted by atomic mass is 9.85. The van der Waals surface area contributed by atoms with E-state index in [1.807, 2.05) is 73.7 Å². The summed E-state index contributed by atoms with van der Waals surface area (Å²) in [5.74, 6) is -0.0924. The number of fused-ring (bicyclic) bond motifs is 2. The average molecular weight is 680 g/mol. The molecule has 0 aliphatic carbocycles. The van der Waals surface area contributed by atoms with Gasteiger partial charge in [-0.1, -0.05) is 72.8 Å². The van der Waals surface area contributed by atoms with Crippen LogP contribution in [0.1, 0.15) is 61.1 Å². The predicted molar refractivity (Wildman–Crippen MR) is 192 cm³/mol. The predicted octanol–water partition coefficient (Wildman–Crippen LogP) is 8.77. The highest BCUT2D eigenvalue weighted by molar-refractivity contribution is 7.93. The van der Waals surface area contributed by atoms with Crippen molar-refractivity contribution >= 4 is 32.5 Å². The Bertz CT molecular complexity index is 2130. The molecule has 0 aromatic heterocycles. The molecule has 0 spiro atoms. The van der Waals surface area contributed by atoms with Gasteiger partial charge in [-0.25, -0.2) is 13.2 Å². The number of benzene rings is 5. The van der Waals surface area contributed by atoms with Crippen molar-refractivity contribution in [2.45, 2.75) is 70.7 Å². The van der Waals surface area contributed by atoms with Crippen LogP contribution in [0, 0.1) is 13.8 Å². The number of aryl methyl sites for hydroxylation is 1. The number of nitrogens with one attached hydrogen (secondary N) is 1. The third-order valence-corrected chi connectivity index (χ3v) is 10.1. The van der Waals surface area contributed by atoms with Gasteiger partial charge in [0.05, 0.1) is 22.8 Å². The van der Waals surface area contributed by atoms with Crippen molar-refractivity contribution in [3.8, 4) is 22.6 Å². The first-order valence-electron chi connectivity index (χ1n) is 16.3. The minimum Gasteiger partial charge on any atom is -0.493 e. The van der Waals surface area contributed by atoms with Gasteiger partial charge < -0.3 is 19.3 Å². The Morgan fingerprint density at radius 3 is 2.39 bits per heavy atom. The monoisotopic (exact) mass is 679 g/mol. The Morgan fingerprint density at radius 1 is 0.939 bits per heavy atom. The van der Waals surface area contributed by atoms with Crippen LogP contribution >= 0.6 is 0 Å². The van der Waals surface area contributed by atoms with E-state index in [2.05, 4.69) is 4.72 Å². The molecule has 8 nitrogen and oxygen atoms in total. The first kappa shape index (κ1) is 34.0. The summed E-state index contributed by atoms with van der Waals surface area (Å²) in [5, 5.41) is 12.0. The second-order valence-electron chi connectivity index (χ2n) is 13.3. The van der Waals surface area contributed by atoms with E-state index in [9.17, 15) is 18.3 Å². The Kier molecular flexibility index (Phi) is 9.42. The Hall–Kier alpha value is -4.86. The quantitative estimate of drug-likeness (QED) is 0.152. The molecule has 0 saturated carbocycles. The summed E-state index contributed by atoms with van der Waals surface area (Å²) in [4.78, 5) is 13.2.